The largest absolute Gasteiger partial charge is 0.389 e. The molecule has 1 N–H and O–H groups in total. The van der Waals surface area contributed by atoms with Crippen molar-refractivity contribution in [2.75, 3.05) is 44.3 Å². The Morgan fingerprint density at radius 3 is 2.61 bits per heavy atom. The number of rotatable bonds is 3. The van der Waals surface area contributed by atoms with Crippen molar-refractivity contribution in [2.45, 2.75) is 12.1 Å². The van der Waals surface area contributed by atoms with E-state index in [0.717, 1.165) is 37.8 Å². The van der Waals surface area contributed by atoms with Crippen LogP contribution in [0.4, 0.5) is 5.82 Å². The fourth-order valence-corrected chi connectivity index (χ4v) is 3.20. The van der Waals surface area contributed by atoms with Crippen LogP contribution in [0.25, 0.3) is 5.82 Å². The topological polar surface area (TPSA) is 79.5 Å². The van der Waals surface area contributed by atoms with Crippen LogP contribution in [-0.4, -0.2) is 81.3 Å². The van der Waals surface area contributed by atoms with Gasteiger partial charge in [-0.1, -0.05) is 0 Å². The third-order valence-corrected chi connectivity index (χ3v) is 4.51. The zero-order valence-corrected chi connectivity index (χ0v) is 12.8. The molecule has 0 aliphatic carbocycles. The first kappa shape index (κ1) is 14.6. The first-order chi connectivity index (χ1) is 11.3. The Morgan fingerprint density at radius 1 is 1.09 bits per heavy atom. The van der Waals surface area contributed by atoms with E-state index in [1.165, 1.54) is 0 Å². The smallest absolute Gasteiger partial charge is 0.158 e. The summed E-state index contributed by atoms with van der Waals surface area (Å²) in [5.74, 6) is 1.68. The molecule has 2 aliphatic rings. The van der Waals surface area contributed by atoms with Crippen molar-refractivity contribution in [1.82, 2.24) is 24.6 Å². The van der Waals surface area contributed by atoms with Crippen LogP contribution in [0.3, 0.4) is 0 Å². The number of aliphatic hydroxyl groups excluding tert-OH is 1. The summed E-state index contributed by atoms with van der Waals surface area (Å²) in [6, 6.07) is 3.95. The van der Waals surface area contributed by atoms with Gasteiger partial charge in [0, 0.05) is 44.6 Å². The van der Waals surface area contributed by atoms with E-state index in [0.29, 0.717) is 13.2 Å². The van der Waals surface area contributed by atoms with E-state index < -0.39 is 0 Å². The third-order valence-electron chi connectivity index (χ3n) is 4.51. The van der Waals surface area contributed by atoms with Gasteiger partial charge in [0.15, 0.2) is 5.82 Å². The van der Waals surface area contributed by atoms with Gasteiger partial charge in [-0.05, 0) is 6.07 Å². The highest BCUT2D eigenvalue weighted by molar-refractivity contribution is 5.43. The van der Waals surface area contributed by atoms with Gasteiger partial charge in [0.1, 0.15) is 12.1 Å². The second-order valence-electron chi connectivity index (χ2n) is 5.88. The Kier molecular flexibility index (Phi) is 3.94. The van der Waals surface area contributed by atoms with Crippen molar-refractivity contribution < 1.29 is 9.84 Å². The molecular weight excluding hydrogens is 296 g/mol. The maximum Gasteiger partial charge on any atom is 0.158 e. The Morgan fingerprint density at radius 2 is 1.91 bits per heavy atom. The SMILES string of the molecule is OC1COCC1N1CCN(c2cc(-n3cccn3)ncn2)CC1. The van der Waals surface area contributed by atoms with Crippen LogP contribution in [0.1, 0.15) is 0 Å². The molecule has 4 rings (SSSR count). The van der Waals surface area contributed by atoms with E-state index in [1.54, 1.807) is 17.2 Å². The van der Waals surface area contributed by atoms with Crippen LogP contribution in [0.15, 0.2) is 30.9 Å². The van der Waals surface area contributed by atoms with Crippen LogP contribution >= 0.6 is 0 Å². The van der Waals surface area contributed by atoms with E-state index >= 15 is 0 Å². The lowest BCUT2D eigenvalue weighted by molar-refractivity contribution is 0.0784. The van der Waals surface area contributed by atoms with Crippen LogP contribution in [-0.2, 0) is 4.74 Å². The summed E-state index contributed by atoms with van der Waals surface area (Å²) in [5, 5.41) is 14.2. The number of piperazine rings is 1. The Hall–Kier alpha value is -2.03. The van der Waals surface area contributed by atoms with Gasteiger partial charge in [0.2, 0.25) is 0 Å². The van der Waals surface area contributed by atoms with Crippen molar-refractivity contribution in [1.29, 1.82) is 0 Å². The zero-order valence-electron chi connectivity index (χ0n) is 12.8. The minimum atomic E-state index is -0.369. The zero-order chi connectivity index (χ0) is 15.6. The Balaban J connectivity index is 1.43. The Labute approximate surface area is 134 Å². The van der Waals surface area contributed by atoms with Crippen LogP contribution < -0.4 is 4.90 Å². The molecule has 0 radical (unpaired) electrons. The van der Waals surface area contributed by atoms with Crippen LogP contribution in [0, 0.1) is 0 Å². The maximum absolute atomic E-state index is 9.96. The predicted molar refractivity (Wildman–Crippen MR) is 83.6 cm³/mol. The molecule has 122 valence electrons. The quantitative estimate of drug-likeness (QED) is 0.821. The second kappa shape index (κ2) is 6.23. The molecule has 2 aromatic rings. The van der Waals surface area contributed by atoms with Crippen molar-refractivity contribution in [3.8, 4) is 5.82 Å². The van der Waals surface area contributed by atoms with Gasteiger partial charge in [0.25, 0.3) is 0 Å². The number of anilines is 1. The van der Waals surface area contributed by atoms with Crippen molar-refractivity contribution in [2.24, 2.45) is 0 Å². The number of aliphatic hydroxyl groups is 1. The van der Waals surface area contributed by atoms with E-state index in [4.69, 9.17) is 4.74 Å². The highest BCUT2D eigenvalue weighted by Gasteiger charge is 2.33. The maximum atomic E-state index is 9.96. The van der Waals surface area contributed by atoms with Gasteiger partial charge in [0.05, 0.1) is 25.4 Å². The summed E-state index contributed by atoms with van der Waals surface area (Å²) in [7, 11) is 0. The molecule has 2 atom stereocenters. The van der Waals surface area contributed by atoms with Gasteiger partial charge in [-0.3, -0.25) is 4.90 Å². The van der Waals surface area contributed by atoms with Crippen molar-refractivity contribution >= 4 is 5.82 Å². The van der Waals surface area contributed by atoms with Gasteiger partial charge >= 0.3 is 0 Å². The van der Waals surface area contributed by atoms with Gasteiger partial charge < -0.3 is 14.7 Å². The lowest BCUT2D eigenvalue weighted by Gasteiger charge is -2.38. The molecule has 0 bridgehead atoms. The van der Waals surface area contributed by atoms with Crippen LogP contribution in [0.2, 0.25) is 0 Å². The molecule has 0 amide bonds. The molecule has 2 fully saturated rings. The summed E-state index contributed by atoms with van der Waals surface area (Å²) in [4.78, 5) is 13.2. The fraction of sp³-hybridized carbons (Fsp3) is 0.533. The van der Waals surface area contributed by atoms with Gasteiger partial charge in [-0.2, -0.15) is 5.10 Å². The number of aromatic nitrogens is 4. The molecule has 2 aliphatic heterocycles. The monoisotopic (exact) mass is 316 g/mol. The average Bonchev–Trinajstić information content (AvgIpc) is 3.27. The second-order valence-corrected chi connectivity index (χ2v) is 5.88. The van der Waals surface area contributed by atoms with E-state index in [1.807, 2.05) is 18.3 Å². The van der Waals surface area contributed by atoms with Gasteiger partial charge in [-0.15, -0.1) is 0 Å². The molecule has 2 unspecified atom stereocenters. The molecule has 2 aromatic heterocycles. The summed E-state index contributed by atoms with van der Waals surface area (Å²) in [5.41, 5.74) is 0. The highest BCUT2D eigenvalue weighted by atomic mass is 16.5. The predicted octanol–water partition coefficient (Wildman–Crippen LogP) is -0.456. The molecule has 0 spiro atoms. The number of nitrogens with zero attached hydrogens (tertiary/aromatic N) is 6. The van der Waals surface area contributed by atoms with E-state index in [-0.39, 0.29) is 12.1 Å². The number of hydrogen-bond acceptors (Lipinski definition) is 7. The molecular formula is C15H20N6O2. The summed E-state index contributed by atoms with van der Waals surface area (Å²) in [6.07, 6.45) is 4.81. The molecule has 4 heterocycles. The molecule has 2 saturated heterocycles. The molecule has 8 heteroatoms. The van der Waals surface area contributed by atoms with E-state index in [9.17, 15) is 5.11 Å². The van der Waals surface area contributed by atoms with E-state index in [2.05, 4.69) is 24.9 Å². The summed E-state index contributed by atoms with van der Waals surface area (Å²) in [6.45, 7) is 4.61. The third kappa shape index (κ3) is 2.92. The molecule has 0 saturated carbocycles. The standard InChI is InChI=1S/C15H20N6O2/c22-13-10-23-9-12(13)19-4-6-20(7-5-19)14-8-15(17-11-16-14)21-3-1-2-18-21/h1-3,8,11-13,22H,4-7,9-10H2. The number of hydrogen-bond donors (Lipinski definition) is 1. The number of ether oxygens (including phenoxy) is 1. The van der Waals surface area contributed by atoms with Gasteiger partial charge in [-0.25, -0.2) is 14.6 Å². The Bertz CT molecular complexity index is 641. The van der Waals surface area contributed by atoms with Crippen LogP contribution in [0.5, 0.6) is 0 Å². The molecule has 8 nitrogen and oxygen atoms in total. The highest BCUT2D eigenvalue weighted by Crippen LogP contribution is 2.19. The molecule has 23 heavy (non-hydrogen) atoms. The molecule has 0 aromatic carbocycles. The average molecular weight is 316 g/mol. The minimum absolute atomic E-state index is 0.127. The first-order valence-corrected chi connectivity index (χ1v) is 7.88. The lowest BCUT2D eigenvalue weighted by atomic mass is 10.1. The normalized spacial score (nSPS) is 25.9. The fourth-order valence-electron chi connectivity index (χ4n) is 3.20. The van der Waals surface area contributed by atoms with Crippen molar-refractivity contribution in [3.05, 3.63) is 30.9 Å². The minimum Gasteiger partial charge on any atom is -0.389 e. The lowest BCUT2D eigenvalue weighted by Crippen LogP contribution is -2.53. The van der Waals surface area contributed by atoms with Crippen molar-refractivity contribution in [3.63, 3.8) is 0 Å². The summed E-state index contributed by atoms with van der Waals surface area (Å²) >= 11 is 0. The summed E-state index contributed by atoms with van der Waals surface area (Å²) < 4.78 is 7.09. The first-order valence-electron chi connectivity index (χ1n) is 7.88.